The van der Waals surface area contributed by atoms with Crippen LogP contribution in [0.4, 0.5) is 0 Å². The van der Waals surface area contributed by atoms with Crippen LogP contribution >= 0.6 is 11.8 Å². The SMILES string of the molecule is COC(=O)[C@H](CCSC)N(OCC1(C(=O)[C@@H]2CCC(=O)N2)CCCN1)C(=O)CCc1ccccc1. The third-order valence-electron chi connectivity index (χ3n) is 6.55. The van der Waals surface area contributed by atoms with E-state index in [1.54, 1.807) is 11.8 Å². The number of nitrogens with zero attached hydrogens (tertiary/aromatic N) is 1. The highest BCUT2D eigenvalue weighted by atomic mass is 32.2. The van der Waals surface area contributed by atoms with Crippen LogP contribution < -0.4 is 10.6 Å². The molecule has 2 aliphatic rings. The summed E-state index contributed by atoms with van der Waals surface area (Å²) in [6.07, 6.45) is 4.97. The zero-order chi connectivity index (χ0) is 25.3. The second kappa shape index (κ2) is 13.0. The van der Waals surface area contributed by atoms with Gasteiger partial charge in [0.25, 0.3) is 0 Å². The molecule has 10 heteroatoms. The van der Waals surface area contributed by atoms with Crippen molar-refractivity contribution >= 4 is 35.3 Å². The number of carbonyl (C=O) groups is 4. The standard InChI is InChI=1S/C25H35N3O6S/c1-33-24(32)20(13-16-35-2)28(22(30)12-9-18-7-4-3-5-8-18)34-17-25(14-6-15-26-25)23(31)19-10-11-21(29)27-19/h3-5,7-8,19-20,26H,6,9-17H2,1-2H3,(H,27,29)/t19-,20-,25?/m0/s1. The molecule has 0 spiro atoms. The van der Waals surface area contributed by atoms with Crippen molar-refractivity contribution in [3.63, 3.8) is 0 Å². The van der Waals surface area contributed by atoms with Crippen LogP contribution in [0.5, 0.6) is 0 Å². The predicted octanol–water partition coefficient (Wildman–Crippen LogP) is 1.64. The van der Waals surface area contributed by atoms with Crippen LogP contribution in [0.3, 0.4) is 0 Å². The molecule has 3 atom stereocenters. The number of hydrogen-bond acceptors (Lipinski definition) is 8. The number of amides is 2. The van der Waals surface area contributed by atoms with Crippen LogP contribution in [0.15, 0.2) is 30.3 Å². The van der Waals surface area contributed by atoms with Crippen molar-refractivity contribution in [2.45, 2.75) is 62.6 Å². The molecule has 35 heavy (non-hydrogen) atoms. The number of nitrogens with one attached hydrogen (secondary N) is 2. The number of thioether (sulfide) groups is 1. The van der Waals surface area contributed by atoms with E-state index in [-0.39, 0.29) is 30.6 Å². The summed E-state index contributed by atoms with van der Waals surface area (Å²) in [6, 6.07) is 8.11. The van der Waals surface area contributed by atoms with E-state index in [1.807, 2.05) is 36.6 Å². The van der Waals surface area contributed by atoms with Crippen molar-refractivity contribution in [2.75, 3.05) is 32.3 Å². The zero-order valence-electron chi connectivity index (χ0n) is 20.4. The van der Waals surface area contributed by atoms with Gasteiger partial charge in [0.1, 0.15) is 12.1 Å². The smallest absolute Gasteiger partial charge is 0.331 e. The molecule has 0 radical (unpaired) electrons. The van der Waals surface area contributed by atoms with E-state index in [0.717, 1.165) is 17.0 Å². The van der Waals surface area contributed by atoms with E-state index in [1.165, 1.54) is 7.11 Å². The first-order valence-electron chi connectivity index (χ1n) is 12.0. The van der Waals surface area contributed by atoms with Gasteiger partial charge in [-0.1, -0.05) is 30.3 Å². The number of methoxy groups -OCH3 is 1. The molecule has 3 rings (SSSR count). The van der Waals surface area contributed by atoms with Crippen molar-refractivity contribution < 1.29 is 28.8 Å². The molecule has 1 unspecified atom stereocenters. The van der Waals surface area contributed by atoms with Gasteiger partial charge >= 0.3 is 5.97 Å². The van der Waals surface area contributed by atoms with Crippen molar-refractivity contribution in [2.24, 2.45) is 0 Å². The Morgan fingerprint density at radius 2 is 2.03 bits per heavy atom. The molecule has 2 amide bonds. The first kappa shape index (κ1) is 27.2. The van der Waals surface area contributed by atoms with E-state index >= 15 is 0 Å². The summed E-state index contributed by atoms with van der Waals surface area (Å²) in [7, 11) is 1.29. The van der Waals surface area contributed by atoms with E-state index in [2.05, 4.69) is 10.6 Å². The lowest BCUT2D eigenvalue weighted by Gasteiger charge is -2.35. The molecule has 1 aromatic carbocycles. The molecule has 0 bridgehead atoms. The van der Waals surface area contributed by atoms with E-state index in [0.29, 0.717) is 44.4 Å². The second-order valence-corrected chi connectivity index (χ2v) is 9.92. The Morgan fingerprint density at radius 1 is 1.26 bits per heavy atom. The number of ketones is 1. The third kappa shape index (κ3) is 7.05. The van der Waals surface area contributed by atoms with Crippen LogP contribution in [0.25, 0.3) is 0 Å². The molecular formula is C25H35N3O6S. The van der Waals surface area contributed by atoms with Crippen LogP contribution in [-0.2, 0) is 35.2 Å². The van der Waals surface area contributed by atoms with Crippen LogP contribution in [0, 0.1) is 0 Å². The summed E-state index contributed by atoms with van der Waals surface area (Å²) in [5, 5.41) is 7.11. The van der Waals surface area contributed by atoms with E-state index < -0.39 is 23.6 Å². The summed E-state index contributed by atoms with van der Waals surface area (Å²) in [6.45, 7) is 0.521. The lowest BCUT2D eigenvalue weighted by Crippen LogP contribution is -2.59. The average molecular weight is 506 g/mol. The molecule has 2 saturated heterocycles. The fourth-order valence-corrected chi connectivity index (χ4v) is 5.03. The van der Waals surface area contributed by atoms with Gasteiger partial charge in [-0.2, -0.15) is 11.8 Å². The summed E-state index contributed by atoms with van der Waals surface area (Å²) in [5.41, 5.74) is -0.0268. The highest BCUT2D eigenvalue weighted by Gasteiger charge is 2.47. The van der Waals surface area contributed by atoms with Gasteiger partial charge < -0.3 is 15.4 Å². The lowest BCUT2D eigenvalue weighted by molar-refractivity contribution is -0.214. The van der Waals surface area contributed by atoms with Crippen LogP contribution in [0.2, 0.25) is 0 Å². The number of hydroxylamine groups is 2. The van der Waals surface area contributed by atoms with Crippen molar-refractivity contribution in [1.82, 2.24) is 15.7 Å². The van der Waals surface area contributed by atoms with Crippen molar-refractivity contribution in [3.05, 3.63) is 35.9 Å². The Kier molecular flexibility index (Phi) is 10.1. The number of rotatable bonds is 13. The molecule has 0 aliphatic carbocycles. The van der Waals surface area contributed by atoms with Gasteiger partial charge in [0.2, 0.25) is 11.8 Å². The first-order valence-corrected chi connectivity index (χ1v) is 13.4. The van der Waals surface area contributed by atoms with Gasteiger partial charge in [-0.3, -0.25) is 19.2 Å². The molecule has 192 valence electrons. The maximum atomic E-state index is 13.4. The van der Waals surface area contributed by atoms with Gasteiger partial charge in [0, 0.05) is 12.8 Å². The third-order valence-corrected chi connectivity index (χ3v) is 7.19. The summed E-state index contributed by atoms with van der Waals surface area (Å²) in [5.74, 6) is -0.563. The number of esters is 1. The molecular weight excluding hydrogens is 470 g/mol. The van der Waals surface area contributed by atoms with Gasteiger partial charge in [-0.25, -0.2) is 9.86 Å². The normalized spacial score (nSPS) is 22.5. The topological polar surface area (TPSA) is 114 Å². The molecule has 2 aliphatic heterocycles. The maximum Gasteiger partial charge on any atom is 0.331 e. The summed E-state index contributed by atoms with van der Waals surface area (Å²) < 4.78 is 4.99. The summed E-state index contributed by atoms with van der Waals surface area (Å²) >= 11 is 1.55. The van der Waals surface area contributed by atoms with Gasteiger partial charge in [0.05, 0.1) is 13.2 Å². The Balaban J connectivity index is 1.78. The summed E-state index contributed by atoms with van der Waals surface area (Å²) in [4.78, 5) is 57.1. The fraction of sp³-hybridized carbons (Fsp3) is 0.600. The van der Waals surface area contributed by atoms with E-state index in [4.69, 9.17) is 9.57 Å². The monoisotopic (exact) mass is 505 g/mol. The lowest BCUT2D eigenvalue weighted by atomic mass is 9.88. The number of hydrogen-bond donors (Lipinski definition) is 2. The molecule has 1 aromatic rings. The van der Waals surface area contributed by atoms with Crippen molar-refractivity contribution in [3.8, 4) is 0 Å². The maximum absolute atomic E-state index is 13.4. The molecule has 2 fully saturated rings. The number of ether oxygens (including phenoxy) is 1. The Bertz CT molecular complexity index is 890. The second-order valence-electron chi connectivity index (χ2n) is 8.93. The van der Waals surface area contributed by atoms with Crippen LogP contribution in [0.1, 0.15) is 44.1 Å². The minimum atomic E-state index is -1.03. The average Bonchev–Trinajstić information content (AvgIpc) is 3.54. The van der Waals surface area contributed by atoms with Crippen LogP contribution in [-0.4, -0.2) is 78.5 Å². The van der Waals surface area contributed by atoms with Gasteiger partial charge in [-0.05, 0) is 56.2 Å². The molecule has 2 heterocycles. The first-order chi connectivity index (χ1) is 16.9. The Hall–Kier alpha value is -2.43. The highest BCUT2D eigenvalue weighted by molar-refractivity contribution is 7.98. The molecule has 0 saturated carbocycles. The van der Waals surface area contributed by atoms with E-state index in [9.17, 15) is 19.2 Å². The fourth-order valence-electron chi connectivity index (χ4n) is 4.57. The quantitative estimate of drug-likeness (QED) is 0.307. The molecule has 0 aromatic heterocycles. The van der Waals surface area contributed by atoms with Gasteiger partial charge in [-0.15, -0.1) is 0 Å². The number of carbonyl (C=O) groups excluding carboxylic acids is 4. The molecule has 2 N–H and O–H groups in total. The molecule has 9 nitrogen and oxygen atoms in total. The number of benzene rings is 1. The Morgan fingerprint density at radius 3 is 2.63 bits per heavy atom. The minimum Gasteiger partial charge on any atom is -0.467 e. The minimum absolute atomic E-state index is 0.109. The zero-order valence-corrected chi connectivity index (χ0v) is 21.2. The number of Topliss-reactive ketones (excluding diaryl/α,β-unsaturated/α-hetero) is 1. The largest absolute Gasteiger partial charge is 0.467 e. The Labute approximate surface area is 210 Å². The predicted molar refractivity (Wildman–Crippen MR) is 133 cm³/mol. The highest BCUT2D eigenvalue weighted by Crippen LogP contribution is 2.27. The van der Waals surface area contributed by atoms with Crippen molar-refractivity contribution in [1.29, 1.82) is 0 Å². The van der Waals surface area contributed by atoms with Gasteiger partial charge in [0.15, 0.2) is 11.8 Å². The number of aryl methyl sites for hydroxylation is 1.